The summed E-state index contributed by atoms with van der Waals surface area (Å²) in [7, 11) is -2.56. The number of nitrogens with one attached hydrogen (secondary N) is 2. The SMILES string of the molecule is COc1ccc(C(=O)NNS(=O)(=O)c2ccc(C(=O)O)cc2)cc1Br. The molecule has 2 rings (SSSR count). The predicted octanol–water partition coefficient (Wildman–Crippen LogP) is 1.78. The van der Waals surface area contributed by atoms with Gasteiger partial charge in [-0.2, -0.15) is 0 Å². The monoisotopic (exact) mass is 428 g/mol. The van der Waals surface area contributed by atoms with Crippen molar-refractivity contribution in [3.05, 3.63) is 58.1 Å². The number of ether oxygens (including phenoxy) is 1. The number of hydrogen-bond donors (Lipinski definition) is 3. The number of halogens is 1. The lowest BCUT2D eigenvalue weighted by molar-refractivity contribution is 0.0696. The van der Waals surface area contributed by atoms with Crippen LogP contribution in [-0.2, 0) is 10.0 Å². The van der Waals surface area contributed by atoms with Crippen molar-refractivity contribution in [3.8, 4) is 5.75 Å². The van der Waals surface area contributed by atoms with Gasteiger partial charge in [0.2, 0.25) is 0 Å². The van der Waals surface area contributed by atoms with Crippen molar-refractivity contribution in [3.63, 3.8) is 0 Å². The van der Waals surface area contributed by atoms with Crippen molar-refractivity contribution in [1.29, 1.82) is 0 Å². The standard InChI is InChI=1S/C15H13BrN2O6S/c1-24-13-7-4-10(8-12(13)16)14(19)17-18-25(22,23)11-5-2-9(3-6-11)15(20)21/h2-8,18H,1H3,(H,17,19)(H,20,21). The minimum Gasteiger partial charge on any atom is -0.496 e. The number of methoxy groups -OCH3 is 1. The Morgan fingerprint density at radius 3 is 2.20 bits per heavy atom. The van der Waals surface area contributed by atoms with E-state index in [-0.39, 0.29) is 16.0 Å². The maximum atomic E-state index is 12.1. The van der Waals surface area contributed by atoms with Crippen LogP contribution in [0.25, 0.3) is 0 Å². The number of hydrogen-bond acceptors (Lipinski definition) is 5. The van der Waals surface area contributed by atoms with Gasteiger partial charge in [0, 0.05) is 5.56 Å². The highest BCUT2D eigenvalue weighted by Gasteiger charge is 2.17. The van der Waals surface area contributed by atoms with E-state index in [9.17, 15) is 18.0 Å². The first kappa shape index (κ1) is 18.9. The molecule has 3 N–H and O–H groups in total. The van der Waals surface area contributed by atoms with Gasteiger partial charge in [-0.05, 0) is 58.4 Å². The zero-order chi connectivity index (χ0) is 18.6. The number of carboxylic acid groups (broad SMARTS) is 1. The molecule has 25 heavy (non-hydrogen) atoms. The van der Waals surface area contributed by atoms with E-state index in [2.05, 4.69) is 21.4 Å². The molecule has 2 aromatic carbocycles. The zero-order valence-corrected chi connectivity index (χ0v) is 15.2. The van der Waals surface area contributed by atoms with Gasteiger partial charge in [0.05, 0.1) is 22.0 Å². The summed E-state index contributed by atoms with van der Waals surface area (Å²) < 4.78 is 29.8. The van der Waals surface area contributed by atoms with Gasteiger partial charge in [-0.25, -0.2) is 13.2 Å². The molecular formula is C15H13BrN2O6S. The molecule has 0 spiro atoms. The Morgan fingerprint density at radius 1 is 1.08 bits per heavy atom. The molecule has 132 valence electrons. The Labute approximate surface area is 152 Å². The van der Waals surface area contributed by atoms with Crippen molar-refractivity contribution in [2.45, 2.75) is 4.90 Å². The Morgan fingerprint density at radius 2 is 1.68 bits per heavy atom. The van der Waals surface area contributed by atoms with Crippen LogP contribution in [0.3, 0.4) is 0 Å². The fraction of sp³-hybridized carbons (Fsp3) is 0.0667. The second kappa shape index (κ2) is 7.64. The highest BCUT2D eigenvalue weighted by Crippen LogP contribution is 2.25. The third-order valence-electron chi connectivity index (χ3n) is 3.12. The molecule has 10 heteroatoms. The van der Waals surface area contributed by atoms with E-state index >= 15 is 0 Å². The van der Waals surface area contributed by atoms with Gasteiger partial charge in [-0.3, -0.25) is 10.2 Å². The lowest BCUT2D eigenvalue weighted by Gasteiger charge is -2.10. The molecule has 0 saturated carbocycles. The molecular weight excluding hydrogens is 416 g/mol. The average molecular weight is 429 g/mol. The van der Waals surface area contributed by atoms with Crippen LogP contribution in [0, 0.1) is 0 Å². The van der Waals surface area contributed by atoms with Crippen LogP contribution in [0.1, 0.15) is 20.7 Å². The minimum absolute atomic E-state index is 0.0499. The first-order chi connectivity index (χ1) is 11.7. The lowest BCUT2D eigenvalue weighted by atomic mass is 10.2. The van der Waals surface area contributed by atoms with E-state index in [1.807, 2.05) is 4.83 Å². The molecule has 0 aliphatic heterocycles. The molecule has 1 amide bonds. The van der Waals surface area contributed by atoms with E-state index in [4.69, 9.17) is 9.84 Å². The normalized spacial score (nSPS) is 11.0. The van der Waals surface area contributed by atoms with Crippen LogP contribution in [-0.4, -0.2) is 32.5 Å². The molecule has 0 aromatic heterocycles. The van der Waals surface area contributed by atoms with Crippen molar-refractivity contribution < 1.29 is 27.9 Å². The summed E-state index contributed by atoms with van der Waals surface area (Å²) in [4.78, 5) is 24.6. The van der Waals surface area contributed by atoms with Crippen LogP contribution in [0.2, 0.25) is 0 Å². The van der Waals surface area contributed by atoms with E-state index in [1.54, 1.807) is 6.07 Å². The predicted molar refractivity (Wildman–Crippen MR) is 91.9 cm³/mol. The van der Waals surface area contributed by atoms with Gasteiger partial charge < -0.3 is 9.84 Å². The second-order valence-corrected chi connectivity index (χ2v) is 7.28. The number of aromatic carboxylic acids is 1. The molecule has 8 nitrogen and oxygen atoms in total. The van der Waals surface area contributed by atoms with Gasteiger partial charge in [0.25, 0.3) is 15.9 Å². The molecule has 0 radical (unpaired) electrons. The fourth-order valence-electron chi connectivity index (χ4n) is 1.83. The van der Waals surface area contributed by atoms with E-state index in [1.165, 1.54) is 19.2 Å². The largest absolute Gasteiger partial charge is 0.496 e. The van der Waals surface area contributed by atoms with Gasteiger partial charge in [-0.15, -0.1) is 4.83 Å². The second-order valence-electron chi connectivity index (χ2n) is 4.74. The minimum atomic E-state index is -4.04. The highest BCUT2D eigenvalue weighted by molar-refractivity contribution is 9.10. The summed E-state index contributed by atoms with van der Waals surface area (Å²) in [6.07, 6.45) is 0. The smallest absolute Gasteiger partial charge is 0.335 e. The molecule has 0 bridgehead atoms. The number of carbonyl (C=O) groups excluding carboxylic acids is 1. The van der Waals surface area contributed by atoms with Gasteiger partial charge >= 0.3 is 5.97 Å². The topological polar surface area (TPSA) is 122 Å². The van der Waals surface area contributed by atoms with E-state index < -0.39 is 21.9 Å². The van der Waals surface area contributed by atoms with Crippen LogP contribution in [0.4, 0.5) is 0 Å². The summed E-state index contributed by atoms with van der Waals surface area (Å²) in [6.45, 7) is 0. The van der Waals surface area contributed by atoms with Crippen molar-refractivity contribution in [1.82, 2.24) is 10.3 Å². The Hall–Kier alpha value is -2.43. The number of rotatable bonds is 6. The van der Waals surface area contributed by atoms with Crippen molar-refractivity contribution >= 4 is 37.8 Å². The summed E-state index contributed by atoms with van der Waals surface area (Å²) >= 11 is 3.23. The maximum absolute atomic E-state index is 12.1. The molecule has 0 atom stereocenters. The Balaban J connectivity index is 2.09. The van der Waals surface area contributed by atoms with Crippen LogP contribution < -0.4 is 15.0 Å². The number of carbonyl (C=O) groups is 2. The first-order valence-corrected chi connectivity index (χ1v) is 9.01. The summed E-state index contributed by atoms with van der Waals surface area (Å²) in [5, 5.41) is 8.81. The third kappa shape index (κ3) is 4.56. The first-order valence-electron chi connectivity index (χ1n) is 6.73. The molecule has 0 saturated heterocycles. The molecule has 0 aliphatic rings. The number of sulfonamides is 1. The van der Waals surface area contributed by atoms with Gasteiger partial charge in [0.15, 0.2) is 0 Å². The Bertz CT molecular complexity index is 912. The number of carboxylic acids is 1. The molecule has 2 aromatic rings. The van der Waals surface area contributed by atoms with Crippen LogP contribution in [0.15, 0.2) is 51.8 Å². The number of hydrazine groups is 1. The van der Waals surface area contributed by atoms with Crippen LogP contribution in [0.5, 0.6) is 5.75 Å². The number of benzene rings is 2. The molecule has 0 heterocycles. The Kier molecular flexibility index (Phi) is 5.77. The van der Waals surface area contributed by atoms with E-state index in [0.717, 1.165) is 24.3 Å². The molecule has 0 fully saturated rings. The average Bonchev–Trinajstić information content (AvgIpc) is 2.59. The van der Waals surface area contributed by atoms with Crippen molar-refractivity contribution in [2.75, 3.05) is 7.11 Å². The quantitative estimate of drug-likeness (QED) is 0.602. The third-order valence-corrected chi connectivity index (χ3v) is 5.01. The molecule has 0 unspecified atom stereocenters. The van der Waals surface area contributed by atoms with Crippen molar-refractivity contribution in [2.24, 2.45) is 0 Å². The maximum Gasteiger partial charge on any atom is 0.335 e. The lowest BCUT2D eigenvalue weighted by Crippen LogP contribution is -2.41. The van der Waals surface area contributed by atoms with E-state index in [0.29, 0.717) is 10.2 Å². The fourth-order valence-corrected chi connectivity index (χ4v) is 3.21. The summed E-state index contributed by atoms with van der Waals surface area (Å²) in [5.74, 6) is -1.32. The molecule has 0 aliphatic carbocycles. The van der Waals surface area contributed by atoms with Crippen LogP contribution >= 0.6 is 15.9 Å². The summed E-state index contributed by atoms with van der Waals surface area (Å²) in [6, 6.07) is 9.06. The zero-order valence-electron chi connectivity index (χ0n) is 12.8. The highest BCUT2D eigenvalue weighted by atomic mass is 79.9. The van der Waals surface area contributed by atoms with Gasteiger partial charge in [-0.1, -0.05) is 0 Å². The number of amides is 1. The van der Waals surface area contributed by atoms with Gasteiger partial charge in [0.1, 0.15) is 5.75 Å². The summed E-state index contributed by atoms with van der Waals surface area (Å²) in [5.41, 5.74) is 2.24.